The summed E-state index contributed by atoms with van der Waals surface area (Å²) < 4.78 is 15.7. The second-order valence-corrected chi connectivity index (χ2v) is 5.19. The highest BCUT2D eigenvalue weighted by atomic mass is 16.5. The Morgan fingerprint density at radius 1 is 0.920 bits per heavy atom. The molecule has 2 rings (SSSR count). The Bertz CT molecular complexity index is 712. The fourth-order valence-corrected chi connectivity index (χ4v) is 1.96. The van der Waals surface area contributed by atoms with E-state index in [1.54, 1.807) is 37.3 Å². The van der Waals surface area contributed by atoms with E-state index in [1.807, 2.05) is 0 Å². The van der Waals surface area contributed by atoms with Gasteiger partial charge in [0.25, 0.3) is 0 Å². The molecule has 0 spiro atoms. The Balaban J connectivity index is 1.99. The quantitative estimate of drug-likeness (QED) is 0.414. The monoisotopic (exact) mass is 343 g/mol. The van der Waals surface area contributed by atoms with Crippen LogP contribution in [0.15, 0.2) is 42.5 Å². The summed E-state index contributed by atoms with van der Waals surface area (Å²) in [5, 5.41) is 0. The molecule has 1 aromatic carbocycles. The maximum Gasteiger partial charge on any atom is 0.362 e. The van der Waals surface area contributed by atoms with Crippen LogP contribution in [-0.4, -0.2) is 30.1 Å². The smallest absolute Gasteiger partial charge is 0.362 e. The molecule has 25 heavy (non-hydrogen) atoms. The topological polar surface area (TPSA) is 74.7 Å². The van der Waals surface area contributed by atoms with Crippen LogP contribution >= 0.6 is 0 Å². The van der Waals surface area contributed by atoms with Gasteiger partial charge in [-0.1, -0.05) is 19.4 Å². The predicted octanol–water partition coefficient (Wildman–Crippen LogP) is 3.66. The number of esters is 2. The van der Waals surface area contributed by atoms with Crippen LogP contribution in [-0.2, 0) is 4.74 Å². The highest BCUT2D eigenvalue weighted by molar-refractivity contribution is 5.92. The van der Waals surface area contributed by atoms with Gasteiger partial charge in [0.1, 0.15) is 22.9 Å². The van der Waals surface area contributed by atoms with Gasteiger partial charge in [0, 0.05) is 0 Å². The zero-order valence-corrected chi connectivity index (χ0v) is 14.4. The molecule has 0 fully saturated rings. The third kappa shape index (κ3) is 5.60. The molecule has 0 saturated heterocycles. The molecule has 2 aromatic rings. The number of ether oxygens (including phenoxy) is 3. The van der Waals surface area contributed by atoms with E-state index in [0.717, 1.165) is 18.6 Å². The highest BCUT2D eigenvalue weighted by Gasteiger charge is 2.14. The largest absolute Gasteiger partial charge is 0.494 e. The van der Waals surface area contributed by atoms with Crippen molar-refractivity contribution in [2.45, 2.75) is 26.7 Å². The average molecular weight is 343 g/mol. The first-order chi connectivity index (χ1) is 12.1. The molecule has 0 N–H and O–H groups in total. The standard InChI is InChI=1S/C19H21NO5/c1-3-5-13-24-14-9-11-15(12-10-14)25-19(22)17-8-6-7-16(20-17)18(21)23-4-2/h6-12H,3-5,13H2,1-2H3. The van der Waals surface area contributed by atoms with E-state index in [9.17, 15) is 9.59 Å². The van der Waals surface area contributed by atoms with Crippen LogP contribution < -0.4 is 9.47 Å². The van der Waals surface area contributed by atoms with E-state index in [4.69, 9.17) is 14.2 Å². The van der Waals surface area contributed by atoms with E-state index in [-0.39, 0.29) is 18.0 Å². The van der Waals surface area contributed by atoms with E-state index in [2.05, 4.69) is 11.9 Å². The van der Waals surface area contributed by atoms with Gasteiger partial charge in [-0.3, -0.25) is 0 Å². The van der Waals surface area contributed by atoms with Crippen LogP contribution in [0.25, 0.3) is 0 Å². The Morgan fingerprint density at radius 3 is 2.20 bits per heavy atom. The van der Waals surface area contributed by atoms with E-state index >= 15 is 0 Å². The maximum atomic E-state index is 12.2. The third-order valence-electron chi connectivity index (χ3n) is 3.24. The van der Waals surface area contributed by atoms with Gasteiger partial charge in [-0.2, -0.15) is 0 Å². The summed E-state index contributed by atoms with van der Waals surface area (Å²) in [6.07, 6.45) is 2.05. The van der Waals surface area contributed by atoms with Crippen molar-refractivity contribution in [3.05, 3.63) is 53.9 Å². The molecule has 0 saturated carbocycles. The number of benzene rings is 1. The molecular formula is C19H21NO5. The summed E-state index contributed by atoms with van der Waals surface area (Å²) in [5.74, 6) is -0.136. The van der Waals surface area contributed by atoms with E-state index < -0.39 is 11.9 Å². The Labute approximate surface area is 146 Å². The number of pyridine rings is 1. The van der Waals surface area contributed by atoms with Crippen LogP contribution in [0.1, 0.15) is 47.7 Å². The fourth-order valence-electron chi connectivity index (χ4n) is 1.96. The third-order valence-corrected chi connectivity index (χ3v) is 3.24. The first-order valence-corrected chi connectivity index (χ1v) is 8.23. The summed E-state index contributed by atoms with van der Waals surface area (Å²) in [7, 11) is 0. The van der Waals surface area contributed by atoms with Crippen LogP contribution in [0.4, 0.5) is 0 Å². The molecule has 0 amide bonds. The zero-order chi connectivity index (χ0) is 18.1. The zero-order valence-electron chi connectivity index (χ0n) is 14.4. The summed E-state index contributed by atoms with van der Waals surface area (Å²) in [4.78, 5) is 27.8. The molecule has 6 heteroatoms. The van der Waals surface area contributed by atoms with Gasteiger partial charge in [-0.05, 0) is 49.7 Å². The van der Waals surface area contributed by atoms with Crippen molar-refractivity contribution >= 4 is 11.9 Å². The minimum atomic E-state index is -0.647. The van der Waals surface area contributed by atoms with Crippen molar-refractivity contribution in [1.82, 2.24) is 4.98 Å². The number of unbranched alkanes of at least 4 members (excludes halogenated alkanes) is 1. The lowest BCUT2D eigenvalue weighted by molar-refractivity contribution is 0.0519. The Morgan fingerprint density at radius 2 is 1.56 bits per heavy atom. The molecule has 132 valence electrons. The van der Waals surface area contributed by atoms with Gasteiger partial charge >= 0.3 is 11.9 Å². The summed E-state index contributed by atoms with van der Waals surface area (Å²) >= 11 is 0. The number of hydrogen-bond donors (Lipinski definition) is 0. The molecule has 0 aliphatic carbocycles. The van der Waals surface area contributed by atoms with Crippen molar-refractivity contribution < 1.29 is 23.8 Å². The molecule has 1 aromatic heterocycles. The molecule has 0 aliphatic heterocycles. The molecule has 0 bridgehead atoms. The lowest BCUT2D eigenvalue weighted by Crippen LogP contribution is -2.14. The molecule has 1 heterocycles. The van der Waals surface area contributed by atoms with Crippen LogP contribution in [0.2, 0.25) is 0 Å². The van der Waals surface area contributed by atoms with Crippen molar-refractivity contribution in [3.63, 3.8) is 0 Å². The first-order valence-electron chi connectivity index (χ1n) is 8.23. The average Bonchev–Trinajstić information content (AvgIpc) is 2.63. The lowest BCUT2D eigenvalue weighted by atomic mass is 10.3. The van der Waals surface area contributed by atoms with Crippen LogP contribution in [0, 0.1) is 0 Å². The molecule has 6 nitrogen and oxygen atoms in total. The van der Waals surface area contributed by atoms with Gasteiger partial charge < -0.3 is 14.2 Å². The fraction of sp³-hybridized carbons (Fsp3) is 0.316. The van der Waals surface area contributed by atoms with Crippen molar-refractivity contribution in [3.8, 4) is 11.5 Å². The van der Waals surface area contributed by atoms with E-state index in [1.165, 1.54) is 12.1 Å². The van der Waals surface area contributed by atoms with Crippen molar-refractivity contribution in [1.29, 1.82) is 0 Å². The number of aromatic nitrogens is 1. The SMILES string of the molecule is CCCCOc1ccc(OC(=O)c2cccc(C(=O)OCC)n2)cc1. The van der Waals surface area contributed by atoms with Gasteiger partial charge in [0.2, 0.25) is 0 Å². The Kier molecular flexibility index (Phi) is 6.95. The normalized spacial score (nSPS) is 10.2. The molecule has 0 unspecified atom stereocenters. The van der Waals surface area contributed by atoms with Crippen LogP contribution in [0.5, 0.6) is 11.5 Å². The predicted molar refractivity (Wildman–Crippen MR) is 92.0 cm³/mol. The second kappa shape index (κ2) is 9.42. The van der Waals surface area contributed by atoms with Gasteiger partial charge in [-0.15, -0.1) is 0 Å². The maximum absolute atomic E-state index is 12.2. The first kappa shape index (κ1) is 18.4. The van der Waals surface area contributed by atoms with Gasteiger partial charge in [-0.25, -0.2) is 14.6 Å². The van der Waals surface area contributed by atoms with E-state index in [0.29, 0.717) is 12.4 Å². The second-order valence-electron chi connectivity index (χ2n) is 5.19. The molecular weight excluding hydrogens is 322 g/mol. The number of carbonyl (C=O) groups excluding carboxylic acids is 2. The lowest BCUT2D eigenvalue weighted by Gasteiger charge is -2.07. The number of carbonyl (C=O) groups is 2. The van der Waals surface area contributed by atoms with Crippen molar-refractivity contribution in [2.75, 3.05) is 13.2 Å². The van der Waals surface area contributed by atoms with Gasteiger partial charge in [0.05, 0.1) is 13.2 Å². The Hall–Kier alpha value is -2.89. The highest BCUT2D eigenvalue weighted by Crippen LogP contribution is 2.19. The molecule has 0 atom stereocenters. The number of hydrogen-bond acceptors (Lipinski definition) is 6. The minimum absolute atomic E-state index is 0.0359. The van der Waals surface area contributed by atoms with Crippen LogP contribution in [0.3, 0.4) is 0 Å². The minimum Gasteiger partial charge on any atom is -0.494 e. The summed E-state index contributed by atoms with van der Waals surface area (Å²) in [6, 6.07) is 11.3. The number of rotatable bonds is 8. The summed E-state index contributed by atoms with van der Waals surface area (Å²) in [6.45, 7) is 4.69. The molecule has 0 aliphatic rings. The number of nitrogens with zero attached hydrogens (tertiary/aromatic N) is 1. The van der Waals surface area contributed by atoms with Gasteiger partial charge in [0.15, 0.2) is 0 Å². The van der Waals surface area contributed by atoms with Crippen molar-refractivity contribution in [2.24, 2.45) is 0 Å². The molecule has 0 radical (unpaired) electrons. The summed E-state index contributed by atoms with van der Waals surface area (Å²) in [5.41, 5.74) is 0.102.